The number of nitrogens with zero attached hydrogens (tertiary/aromatic N) is 1. The lowest BCUT2D eigenvalue weighted by Crippen LogP contribution is -1.90. The minimum absolute atomic E-state index is 0. The smallest absolute Gasteiger partial charge is 0.0540 e. The zero-order valence-electron chi connectivity index (χ0n) is 7.43. The predicted molar refractivity (Wildman–Crippen MR) is 47.3 cm³/mol. The van der Waals surface area contributed by atoms with Crippen LogP contribution in [0.1, 0.15) is 46.0 Å². The summed E-state index contributed by atoms with van der Waals surface area (Å²) < 4.78 is 0. The van der Waals surface area contributed by atoms with Gasteiger partial charge in [-0.2, -0.15) is 0 Å². The van der Waals surface area contributed by atoms with Crippen molar-refractivity contribution in [3.05, 3.63) is 0 Å². The van der Waals surface area contributed by atoms with Crippen molar-refractivity contribution in [2.24, 2.45) is 5.16 Å². The van der Waals surface area contributed by atoms with Crippen molar-refractivity contribution < 1.29 is 10.7 Å². The van der Waals surface area contributed by atoms with Gasteiger partial charge in [-0.25, -0.2) is 0 Å². The largest absolute Gasteiger partial charge is 0.412 e. The van der Waals surface area contributed by atoms with Crippen molar-refractivity contribution in [1.82, 2.24) is 0 Å². The Balaban J connectivity index is 0. The highest BCUT2D eigenvalue weighted by molar-refractivity contribution is 5.81. The van der Waals surface area contributed by atoms with Gasteiger partial charge in [0, 0.05) is 0 Å². The molecule has 0 unspecified atom stereocenters. The van der Waals surface area contributed by atoms with E-state index in [0.717, 1.165) is 18.6 Å². The number of hydrogen-bond donors (Lipinski definition) is 1. The number of unbranched alkanes of at least 4 members (excludes halogenated alkanes) is 3. The molecule has 0 saturated carbocycles. The molecule has 0 heterocycles. The number of hydrogen-bond acceptors (Lipinski definition) is 2. The van der Waals surface area contributed by atoms with E-state index < -0.39 is 0 Å². The molecule has 0 radical (unpaired) electrons. The fourth-order valence-electron chi connectivity index (χ4n) is 0.858. The Kier molecular flexibility index (Phi) is 11.2. The third kappa shape index (κ3) is 9.43. The van der Waals surface area contributed by atoms with Gasteiger partial charge < -0.3 is 10.7 Å². The molecule has 0 aliphatic rings. The molecule has 0 amide bonds. The molecule has 11 heavy (non-hydrogen) atoms. The van der Waals surface area contributed by atoms with Crippen LogP contribution in [-0.2, 0) is 0 Å². The van der Waals surface area contributed by atoms with Gasteiger partial charge >= 0.3 is 0 Å². The van der Waals surface area contributed by atoms with Crippen LogP contribution < -0.4 is 0 Å². The van der Waals surface area contributed by atoms with Gasteiger partial charge in [-0.3, -0.25) is 0 Å². The van der Waals surface area contributed by atoms with Crippen LogP contribution in [0.3, 0.4) is 0 Å². The Labute approximate surface area is 68.4 Å². The first-order valence-corrected chi connectivity index (χ1v) is 3.98. The van der Waals surface area contributed by atoms with E-state index in [1.807, 2.05) is 6.92 Å². The molecular weight excluding hydrogens is 142 g/mol. The number of rotatable bonds is 5. The van der Waals surface area contributed by atoms with Gasteiger partial charge in [0.2, 0.25) is 0 Å². The van der Waals surface area contributed by atoms with Crippen LogP contribution in [0.2, 0.25) is 0 Å². The van der Waals surface area contributed by atoms with Gasteiger partial charge in [-0.1, -0.05) is 31.3 Å². The van der Waals surface area contributed by atoms with Crippen LogP contribution in [0.4, 0.5) is 0 Å². The Morgan fingerprint density at radius 3 is 2.36 bits per heavy atom. The summed E-state index contributed by atoms with van der Waals surface area (Å²) >= 11 is 0. The standard InChI is InChI=1S/C8H17NO.H2O/c1-3-4-5-6-7-8(2)9-10;/h10H,3-7H2,1-2H3;1H2/b9-8+;. The normalized spacial score (nSPS) is 10.9. The summed E-state index contributed by atoms with van der Waals surface area (Å²) in [6.45, 7) is 4.04. The summed E-state index contributed by atoms with van der Waals surface area (Å²) in [5.41, 5.74) is 0.844. The lowest BCUT2D eigenvalue weighted by molar-refractivity contribution is 0.317. The molecule has 3 nitrogen and oxygen atoms in total. The Morgan fingerprint density at radius 1 is 1.27 bits per heavy atom. The van der Waals surface area contributed by atoms with Crippen LogP contribution >= 0.6 is 0 Å². The highest BCUT2D eigenvalue weighted by atomic mass is 16.4. The number of oxime groups is 1. The van der Waals surface area contributed by atoms with Gasteiger partial charge in [-0.05, 0) is 19.8 Å². The van der Waals surface area contributed by atoms with E-state index in [2.05, 4.69) is 12.1 Å². The van der Waals surface area contributed by atoms with Crippen molar-refractivity contribution in [3.8, 4) is 0 Å². The molecule has 0 aromatic carbocycles. The molecule has 0 spiro atoms. The van der Waals surface area contributed by atoms with Crippen LogP contribution in [-0.4, -0.2) is 16.4 Å². The highest BCUT2D eigenvalue weighted by Crippen LogP contribution is 2.02. The van der Waals surface area contributed by atoms with Gasteiger partial charge in [0.1, 0.15) is 0 Å². The molecule has 0 saturated heterocycles. The second kappa shape index (κ2) is 9.43. The zero-order valence-corrected chi connectivity index (χ0v) is 7.43. The summed E-state index contributed by atoms with van der Waals surface area (Å²) in [5, 5.41) is 11.4. The molecule has 0 fully saturated rings. The molecular formula is C8H19NO2. The molecule has 0 bridgehead atoms. The second-order valence-electron chi connectivity index (χ2n) is 2.65. The molecule has 0 aliphatic carbocycles. The summed E-state index contributed by atoms with van der Waals surface area (Å²) in [6.07, 6.45) is 5.90. The molecule has 0 rings (SSSR count). The fraction of sp³-hybridized carbons (Fsp3) is 0.875. The van der Waals surface area contributed by atoms with Crippen LogP contribution in [0, 0.1) is 0 Å². The SMILES string of the molecule is CCCCCC/C(C)=N/O.O. The highest BCUT2D eigenvalue weighted by Gasteiger charge is 1.91. The minimum atomic E-state index is 0. The Bertz CT molecular complexity index is 102. The monoisotopic (exact) mass is 161 g/mol. The third-order valence-corrected chi connectivity index (χ3v) is 1.56. The maximum Gasteiger partial charge on any atom is 0.0540 e. The first kappa shape index (κ1) is 13.1. The van der Waals surface area contributed by atoms with E-state index in [4.69, 9.17) is 5.21 Å². The maximum absolute atomic E-state index is 8.28. The Hall–Kier alpha value is -0.570. The van der Waals surface area contributed by atoms with Crippen LogP contribution in [0.5, 0.6) is 0 Å². The topological polar surface area (TPSA) is 64.1 Å². The molecule has 0 atom stereocenters. The van der Waals surface area contributed by atoms with E-state index >= 15 is 0 Å². The van der Waals surface area contributed by atoms with Crippen molar-refractivity contribution in [1.29, 1.82) is 0 Å². The zero-order chi connectivity index (χ0) is 7.82. The van der Waals surface area contributed by atoms with Crippen molar-refractivity contribution >= 4 is 5.71 Å². The Morgan fingerprint density at radius 2 is 1.91 bits per heavy atom. The summed E-state index contributed by atoms with van der Waals surface area (Å²) in [7, 11) is 0. The summed E-state index contributed by atoms with van der Waals surface area (Å²) in [5.74, 6) is 0. The molecule has 68 valence electrons. The quantitative estimate of drug-likeness (QED) is 0.285. The average molecular weight is 161 g/mol. The van der Waals surface area contributed by atoms with E-state index in [1.165, 1.54) is 19.3 Å². The van der Waals surface area contributed by atoms with Gasteiger partial charge in [0.25, 0.3) is 0 Å². The van der Waals surface area contributed by atoms with E-state index in [-0.39, 0.29) is 5.48 Å². The lowest BCUT2D eigenvalue weighted by Gasteiger charge is -1.96. The van der Waals surface area contributed by atoms with E-state index in [1.54, 1.807) is 0 Å². The average Bonchev–Trinajstić information content (AvgIpc) is 1.98. The van der Waals surface area contributed by atoms with Gasteiger partial charge in [0.05, 0.1) is 5.71 Å². The van der Waals surface area contributed by atoms with Gasteiger partial charge in [0.15, 0.2) is 0 Å². The molecule has 0 aliphatic heterocycles. The minimum Gasteiger partial charge on any atom is -0.412 e. The van der Waals surface area contributed by atoms with Crippen LogP contribution in [0.15, 0.2) is 5.16 Å². The molecule has 0 aromatic heterocycles. The third-order valence-electron chi connectivity index (χ3n) is 1.56. The second-order valence-corrected chi connectivity index (χ2v) is 2.65. The van der Waals surface area contributed by atoms with Gasteiger partial charge in [-0.15, -0.1) is 0 Å². The van der Waals surface area contributed by atoms with E-state index in [9.17, 15) is 0 Å². The molecule has 3 heteroatoms. The predicted octanol–water partition coefficient (Wildman–Crippen LogP) is 1.98. The summed E-state index contributed by atoms with van der Waals surface area (Å²) in [6, 6.07) is 0. The first-order chi connectivity index (χ1) is 4.81. The van der Waals surface area contributed by atoms with Crippen molar-refractivity contribution in [3.63, 3.8) is 0 Å². The lowest BCUT2D eigenvalue weighted by atomic mass is 10.1. The molecule has 3 N–H and O–H groups in total. The fourth-order valence-corrected chi connectivity index (χ4v) is 0.858. The van der Waals surface area contributed by atoms with Crippen molar-refractivity contribution in [2.75, 3.05) is 0 Å². The first-order valence-electron chi connectivity index (χ1n) is 3.98. The molecule has 0 aromatic rings. The van der Waals surface area contributed by atoms with E-state index in [0.29, 0.717) is 0 Å². The summed E-state index contributed by atoms with van der Waals surface area (Å²) in [4.78, 5) is 0. The van der Waals surface area contributed by atoms with Crippen LogP contribution in [0.25, 0.3) is 0 Å². The van der Waals surface area contributed by atoms with Crippen molar-refractivity contribution in [2.45, 2.75) is 46.0 Å². The maximum atomic E-state index is 8.28.